The fourth-order valence-corrected chi connectivity index (χ4v) is 1.96. The quantitative estimate of drug-likeness (QED) is 0.474. The average molecular weight is 282 g/mol. The van der Waals surface area contributed by atoms with Crippen molar-refractivity contribution >= 4 is 17.0 Å². The average Bonchev–Trinajstić information content (AvgIpc) is 3.16. The number of aliphatic imine (C=N–C) groups is 1. The zero-order valence-corrected chi connectivity index (χ0v) is 11.4. The molecule has 0 amide bonds. The van der Waals surface area contributed by atoms with Crippen LogP contribution in [-0.2, 0) is 0 Å². The Balaban J connectivity index is 2.20. The van der Waals surface area contributed by atoms with Crippen molar-refractivity contribution < 1.29 is 0 Å². The van der Waals surface area contributed by atoms with Gasteiger partial charge in [-0.2, -0.15) is 10.2 Å². The molecule has 0 saturated heterocycles. The van der Waals surface area contributed by atoms with Crippen LogP contribution in [0.1, 0.15) is 5.69 Å². The Morgan fingerprint density at radius 2 is 2.29 bits per heavy atom. The van der Waals surface area contributed by atoms with Gasteiger partial charge in [-0.05, 0) is 6.07 Å². The maximum atomic E-state index is 6.03. The van der Waals surface area contributed by atoms with Crippen LogP contribution in [0.5, 0.6) is 0 Å². The summed E-state index contributed by atoms with van der Waals surface area (Å²) in [6.45, 7) is 0. The number of rotatable bonds is 3. The number of hydrogen-bond donors (Lipinski definition) is 3. The van der Waals surface area contributed by atoms with E-state index in [4.69, 9.17) is 11.5 Å². The van der Waals surface area contributed by atoms with Crippen molar-refractivity contribution in [2.24, 2.45) is 16.5 Å². The third-order valence-corrected chi connectivity index (χ3v) is 3.02. The van der Waals surface area contributed by atoms with E-state index in [1.165, 1.54) is 0 Å². The van der Waals surface area contributed by atoms with Crippen molar-refractivity contribution in [3.8, 4) is 11.3 Å². The van der Waals surface area contributed by atoms with Crippen molar-refractivity contribution in [3.63, 3.8) is 0 Å². The van der Waals surface area contributed by atoms with Crippen LogP contribution in [0.4, 0.5) is 0 Å². The fraction of sp³-hybridized carbons (Fsp3) is 0.0769. The summed E-state index contributed by atoms with van der Waals surface area (Å²) in [5.41, 5.74) is 15.1. The summed E-state index contributed by atoms with van der Waals surface area (Å²) in [7, 11) is 1.60. The van der Waals surface area contributed by atoms with Crippen LogP contribution in [0.3, 0.4) is 0 Å². The molecule has 5 N–H and O–H groups in total. The maximum Gasteiger partial charge on any atom is 0.120 e. The molecule has 0 aromatic carbocycles. The molecule has 0 atom stereocenters. The molecule has 0 aliphatic carbocycles. The SMILES string of the molecule is CN=C(N)C=C(N)c1cn2nccc2c(-c2cn[nH]c2)n1. The lowest BCUT2D eigenvalue weighted by atomic mass is 10.2. The molecule has 8 nitrogen and oxygen atoms in total. The molecule has 0 radical (unpaired) electrons. The summed E-state index contributed by atoms with van der Waals surface area (Å²) in [4.78, 5) is 8.43. The first-order chi connectivity index (χ1) is 10.2. The van der Waals surface area contributed by atoms with E-state index in [9.17, 15) is 0 Å². The van der Waals surface area contributed by atoms with Crippen molar-refractivity contribution in [2.75, 3.05) is 7.05 Å². The largest absolute Gasteiger partial charge is 0.397 e. The molecule has 0 aliphatic heterocycles. The van der Waals surface area contributed by atoms with Gasteiger partial charge in [0, 0.05) is 24.9 Å². The Hall–Kier alpha value is -3.16. The van der Waals surface area contributed by atoms with E-state index in [2.05, 4.69) is 25.3 Å². The van der Waals surface area contributed by atoms with Crippen LogP contribution < -0.4 is 11.5 Å². The summed E-state index contributed by atoms with van der Waals surface area (Å²) in [6.07, 6.45) is 8.47. The van der Waals surface area contributed by atoms with Gasteiger partial charge in [-0.15, -0.1) is 0 Å². The molecular weight excluding hydrogens is 268 g/mol. The van der Waals surface area contributed by atoms with Gasteiger partial charge in [0.25, 0.3) is 0 Å². The monoisotopic (exact) mass is 282 g/mol. The molecule has 0 aliphatic rings. The predicted octanol–water partition coefficient (Wildman–Crippen LogP) is 0.406. The van der Waals surface area contributed by atoms with Crippen molar-refractivity contribution in [2.45, 2.75) is 0 Å². The number of nitrogens with two attached hydrogens (primary N) is 2. The first kappa shape index (κ1) is 12.9. The Labute approximate surface area is 120 Å². The number of nitrogens with zero attached hydrogens (tertiary/aromatic N) is 5. The highest BCUT2D eigenvalue weighted by molar-refractivity contribution is 5.97. The van der Waals surface area contributed by atoms with Gasteiger partial charge in [0.15, 0.2) is 0 Å². The van der Waals surface area contributed by atoms with Crippen LogP contribution >= 0.6 is 0 Å². The first-order valence-electron chi connectivity index (χ1n) is 6.22. The Morgan fingerprint density at radius 3 is 3.00 bits per heavy atom. The number of H-pyrrole nitrogens is 1. The lowest BCUT2D eigenvalue weighted by Gasteiger charge is -2.06. The third kappa shape index (κ3) is 2.34. The van der Waals surface area contributed by atoms with E-state index >= 15 is 0 Å². The van der Waals surface area contributed by atoms with Gasteiger partial charge in [-0.3, -0.25) is 10.1 Å². The van der Waals surface area contributed by atoms with E-state index in [0.717, 1.165) is 16.8 Å². The maximum absolute atomic E-state index is 6.03. The minimum absolute atomic E-state index is 0.333. The number of amidine groups is 1. The highest BCUT2D eigenvalue weighted by Gasteiger charge is 2.11. The summed E-state index contributed by atoms with van der Waals surface area (Å²) in [5.74, 6) is 0.333. The molecule has 0 spiro atoms. The molecule has 3 aromatic heterocycles. The Kier molecular flexibility index (Phi) is 3.11. The van der Waals surface area contributed by atoms with E-state index in [0.29, 0.717) is 17.2 Å². The molecule has 0 fully saturated rings. The molecule has 8 heteroatoms. The van der Waals surface area contributed by atoms with Gasteiger partial charge in [0.05, 0.1) is 35.5 Å². The molecule has 3 aromatic rings. The molecular formula is C13H14N8. The number of fused-ring (bicyclic) bond motifs is 1. The lowest BCUT2D eigenvalue weighted by molar-refractivity contribution is 0.940. The van der Waals surface area contributed by atoms with E-state index < -0.39 is 0 Å². The summed E-state index contributed by atoms with van der Waals surface area (Å²) in [5, 5.41) is 11.0. The van der Waals surface area contributed by atoms with Crippen LogP contribution in [0.15, 0.2) is 41.9 Å². The molecule has 3 heterocycles. The second kappa shape index (κ2) is 5.08. The summed E-state index contributed by atoms with van der Waals surface area (Å²) < 4.78 is 1.71. The highest BCUT2D eigenvalue weighted by Crippen LogP contribution is 2.22. The second-order valence-corrected chi connectivity index (χ2v) is 4.37. The van der Waals surface area contributed by atoms with Gasteiger partial charge >= 0.3 is 0 Å². The van der Waals surface area contributed by atoms with E-state index in [1.54, 1.807) is 42.4 Å². The van der Waals surface area contributed by atoms with E-state index in [1.807, 2.05) is 6.07 Å². The smallest absolute Gasteiger partial charge is 0.120 e. The first-order valence-corrected chi connectivity index (χ1v) is 6.22. The standard InChI is InChI=1S/C13H14N8/c1-16-12(15)4-9(14)10-7-21-11(2-3-19-21)13(20-10)8-5-17-18-6-8/h2-7H,14H2,1H3,(H2,15,16)(H,17,18). The van der Waals surface area contributed by atoms with Gasteiger partial charge in [0.2, 0.25) is 0 Å². The zero-order chi connectivity index (χ0) is 14.8. The molecule has 106 valence electrons. The Morgan fingerprint density at radius 1 is 1.43 bits per heavy atom. The van der Waals surface area contributed by atoms with Gasteiger partial charge in [0.1, 0.15) is 11.5 Å². The number of aromatic amines is 1. The molecule has 0 unspecified atom stereocenters. The fourth-order valence-electron chi connectivity index (χ4n) is 1.96. The highest BCUT2D eigenvalue weighted by atomic mass is 15.2. The normalized spacial score (nSPS) is 13.0. The third-order valence-electron chi connectivity index (χ3n) is 3.02. The van der Waals surface area contributed by atoms with Crippen LogP contribution in [0.25, 0.3) is 22.5 Å². The minimum Gasteiger partial charge on any atom is -0.397 e. The minimum atomic E-state index is 0.333. The molecule has 0 bridgehead atoms. The number of nitrogens with one attached hydrogen (secondary N) is 1. The van der Waals surface area contributed by atoms with Crippen molar-refractivity contribution in [1.82, 2.24) is 24.8 Å². The number of aromatic nitrogens is 5. The van der Waals surface area contributed by atoms with Crippen LogP contribution in [0, 0.1) is 0 Å². The van der Waals surface area contributed by atoms with Gasteiger partial charge in [-0.1, -0.05) is 0 Å². The van der Waals surface area contributed by atoms with Crippen molar-refractivity contribution in [3.05, 3.63) is 42.6 Å². The topological polar surface area (TPSA) is 123 Å². The summed E-state index contributed by atoms with van der Waals surface area (Å²) in [6, 6.07) is 1.88. The summed E-state index contributed by atoms with van der Waals surface area (Å²) >= 11 is 0. The number of hydrogen-bond acceptors (Lipinski definition) is 5. The predicted molar refractivity (Wildman–Crippen MR) is 80.3 cm³/mol. The second-order valence-electron chi connectivity index (χ2n) is 4.37. The Bertz CT molecular complexity index is 825. The van der Waals surface area contributed by atoms with Gasteiger partial charge in [-0.25, -0.2) is 9.50 Å². The lowest BCUT2D eigenvalue weighted by Crippen LogP contribution is -2.12. The van der Waals surface area contributed by atoms with Crippen LogP contribution in [-0.4, -0.2) is 37.7 Å². The van der Waals surface area contributed by atoms with Crippen LogP contribution in [0.2, 0.25) is 0 Å². The molecule has 3 rings (SSSR count). The molecule has 21 heavy (non-hydrogen) atoms. The van der Waals surface area contributed by atoms with Crippen molar-refractivity contribution in [1.29, 1.82) is 0 Å². The van der Waals surface area contributed by atoms with E-state index in [-0.39, 0.29) is 0 Å². The zero-order valence-electron chi connectivity index (χ0n) is 11.4. The molecule has 0 saturated carbocycles. The van der Waals surface area contributed by atoms with Gasteiger partial charge < -0.3 is 11.5 Å².